The van der Waals surface area contributed by atoms with Gasteiger partial charge in [0.25, 0.3) is 5.91 Å². The minimum absolute atomic E-state index is 0.165. The minimum atomic E-state index is -0.957. The van der Waals surface area contributed by atoms with Gasteiger partial charge in [-0.2, -0.15) is 0 Å². The average molecular weight is 363 g/mol. The maximum Gasteiger partial charge on any atom is 0.317 e. The number of amides is 1. The highest BCUT2D eigenvalue weighted by Gasteiger charge is 2.09. The van der Waals surface area contributed by atoms with Crippen molar-refractivity contribution in [2.45, 2.75) is 13.5 Å². The zero-order valence-corrected chi connectivity index (χ0v) is 14.5. The zero-order chi connectivity index (χ0) is 18.2. The summed E-state index contributed by atoms with van der Waals surface area (Å²) in [6.45, 7) is 1.89. The molecule has 0 aromatic heterocycles. The van der Waals surface area contributed by atoms with Gasteiger partial charge in [-0.25, -0.2) is 0 Å². The number of rotatable bonds is 8. The fraction of sp³-hybridized carbons (Fsp3) is 0.222. The van der Waals surface area contributed by atoms with Crippen molar-refractivity contribution in [1.82, 2.24) is 5.32 Å². The molecule has 2 rings (SSSR count). The molecule has 0 atom stereocenters. The van der Waals surface area contributed by atoms with Gasteiger partial charge in [0.2, 0.25) is 0 Å². The second-order valence-electron chi connectivity index (χ2n) is 5.45. The zero-order valence-electron chi connectivity index (χ0n) is 13.7. The lowest BCUT2D eigenvalue weighted by atomic mass is 10.2. The first kappa shape index (κ1) is 18.8. The van der Waals surface area contributed by atoms with Crippen LogP contribution in [0.5, 0.6) is 5.75 Å². The van der Waals surface area contributed by atoms with E-state index in [0.717, 1.165) is 5.56 Å². The van der Waals surface area contributed by atoms with E-state index in [2.05, 4.69) is 10.6 Å². The number of aryl methyl sites for hydroxylation is 1. The number of ether oxygens (including phenoxy) is 1. The summed E-state index contributed by atoms with van der Waals surface area (Å²) in [6, 6.07) is 12.4. The molecule has 6 nitrogen and oxygen atoms in total. The number of carboxylic acid groups (broad SMARTS) is 1. The summed E-state index contributed by atoms with van der Waals surface area (Å²) in [6.07, 6.45) is 0. The third-order valence-electron chi connectivity index (χ3n) is 3.31. The second kappa shape index (κ2) is 9.05. The average Bonchev–Trinajstić information content (AvgIpc) is 2.56. The Hall–Kier alpha value is -2.57. The summed E-state index contributed by atoms with van der Waals surface area (Å²) in [5.41, 5.74) is 2.48. The van der Waals surface area contributed by atoms with Crippen molar-refractivity contribution in [2.24, 2.45) is 0 Å². The Kier molecular flexibility index (Phi) is 6.80. The van der Waals surface area contributed by atoms with Crippen LogP contribution in [0.15, 0.2) is 42.5 Å². The molecule has 0 unspecified atom stereocenters. The summed E-state index contributed by atoms with van der Waals surface area (Å²) >= 11 is 5.96. The lowest BCUT2D eigenvalue weighted by Crippen LogP contribution is -2.23. The molecule has 0 saturated carbocycles. The van der Waals surface area contributed by atoms with E-state index in [-0.39, 0.29) is 25.6 Å². The Labute approximate surface area is 150 Å². The van der Waals surface area contributed by atoms with Crippen LogP contribution in [-0.4, -0.2) is 30.1 Å². The van der Waals surface area contributed by atoms with Crippen LogP contribution < -0.4 is 15.4 Å². The van der Waals surface area contributed by atoms with Crippen LogP contribution in [0.4, 0.5) is 5.69 Å². The molecule has 2 aromatic carbocycles. The predicted octanol–water partition coefficient (Wildman–Crippen LogP) is 2.84. The summed E-state index contributed by atoms with van der Waals surface area (Å²) in [7, 11) is 0. The van der Waals surface area contributed by atoms with E-state index >= 15 is 0 Å². The number of anilines is 1. The number of halogens is 1. The number of hydrogen-bond donors (Lipinski definition) is 3. The van der Waals surface area contributed by atoms with Gasteiger partial charge in [-0.1, -0.05) is 29.3 Å². The van der Waals surface area contributed by atoms with Crippen LogP contribution >= 0.6 is 11.6 Å². The molecule has 0 spiro atoms. The van der Waals surface area contributed by atoms with Crippen LogP contribution in [0.1, 0.15) is 11.1 Å². The quantitative estimate of drug-likeness (QED) is 0.672. The van der Waals surface area contributed by atoms with E-state index < -0.39 is 5.97 Å². The maximum absolute atomic E-state index is 12.0. The molecule has 0 aliphatic heterocycles. The normalized spacial score (nSPS) is 10.3. The van der Waals surface area contributed by atoms with Crippen molar-refractivity contribution in [2.75, 3.05) is 18.5 Å². The van der Waals surface area contributed by atoms with Gasteiger partial charge < -0.3 is 20.5 Å². The molecule has 132 valence electrons. The van der Waals surface area contributed by atoms with E-state index in [1.807, 2.05) is 31.2 Å². The van der Waals surface area contributed by atoms with Crippen LogP contribution in [-0.2, 0) is 16.1 Å². The van der Waals surface area contributed by atoms with E-state index in [4.69, 9.17) is 21.4 Å². The molecule has 0 saturated heterocycles. The van der Waals surface area contributed by atoms with E-state index in [1.165, 1.54) is 0 Å². The van der Waals surface area contributed by atoms with Gasteiger partial charge >= 0.3 is 5.97 Å². The maximum atomic E-state index is 12.0. The fourth-order valence-electron chi connectivity index (χ4n) is 2.11. The van der Waals surface area contributed by atoms with Gasteiger partial charge in [-0.15, -0.1) is 0 Å². The molecule has 3 N–H and O–H groups in total. The molecule has 0 radical (unpaired) electrons. The number of hydrogen-bond acceptors (Lipinski definition) is 4. The summed E-state index contributed by atoms with van der Waals surface area (Å²) in [5, 5.41) is 14.7. The molecule has 25 heavy (non-hydrogen) atoms. The Morgan fingerprint density at radius 2 is 1.88 bits per heavy atom. The summed E-state index contributed by atoms with van der Waals surface area (Å²) in [5.74, 6) is -0.772. The molecule has 7 heteroatoms. The second-order valence-corrected chi connectivity index (χ2v) is 5.89. The van der Waals surface area contributed by atoms with E-state index in [1.54, 1.807) is 18.2 Å². The standard InChI is InChI=1S/C18H19ClN2O4/c1-12-2-5-15(6-3-12)21-17(22)11-25-16-7-4-14(19)8-13(16)9-20-10-18(23)24/h2-8,20H,9-11H2,1H3,(H,21,22)(H,23,24). The summed E-state index contributed by atoms with van der Waals surface area (Å²) < 4.78 is 5.55. The Morgan fingerprint density at radius 1 is 1.16 bits per heavy atom. The third-order valence-corrected chi connectivity index (χ3v) is 3.54. The molecule has 0 heterocycles. The first-order valence-corrected chi connectivity index (χ1v) is 8.02. The highest BCUT2D eigenvalue weighted by molar-refractivity contribution is 6.30. The predicted molar refractivity (Wildman–Crippen MR) is 96.1 cm³/mol. The first-order valence-electron chi connectivity index (χ1n) is 7.64. The third kappa shape index (κ3) is 6.45. The van der Waals surface area contributed by atoms with Gasteiger partial charge in [0.05, 0.1) is 6.54 Å². The smallest absolute Gasteiger partial charge is 0.317 e. The Morgan fingerprint density at radius 3 is 2.56 bits per heavy atom. The van der Waals surface area contributed by atoms with Crippen molar-refractivity contribution in [3.8, 4) is 5.75 Å². The molecule has 1 amide bonds. The lowest BCUT2D eigenvalue weighted by molar-refractivity contribution is -0.136. The molecule has 0 fully saturated rings. The van der Waals surface area contributed by atoms with Gasteiger partial charge in [-0.05, 0) is 37.3 Å². The van der Waals surface area contributed by atoms with Crippen molar-refractivity contribution in [3.63, 3.8) is 0 Å². The van der Waals surface area contributed by atoms with Crippen LogP contribution in [0.25, 0.3) is 0 Å². The minimum Gasteiger partial charge on any atom is -0.483 e. The van der Waals surface area contributed by atoms with E-state index in [9.17, 15) is 9.59 Å². The van der Waals surface area contributed by atoms with Gasteiger partial charge in [-0.3, -0.25) is 9.59 Å². The number of aliphatic carboxylic acids is 1. The van der Waals surface area contributed by atoms with Crippen LogP contribution in [0, 0.1) is 6.92 Å². The first-order chi connectivity index (χ1) is 11.9. The van der Waals surface area contributed by atoms with E-state index in [0.29, 0.717) is 22.0 Å². The fourth-order valence-corrected chi connectivity index (χ4v) is 2.30. The molecule has 0 bridgehead atoms. The molecular formula is C18H19ClN2O4. The van der Waals surface area contributed by atoms with Crippen molar-refractivity contribution in [1.29, 1.82) is 0 Å². The van der Waals surface area contributed by atoms with Gasteiger partial charge in [0.1, 0.15) is 5.75 Å². The van der Waals surface area contributed by atoms with Crippen molar-refractivity contribution < 1.29 is 19.4 Å². The molecule has 0 aliphatic rings. The highest BCUT2D eigenvalue weighted by atomic mass is 35.5. The molecule has 2 aromatic rings. The number of carboxylic acids is 1. The van der Waals surface area contributed by atoms with Gasteiger partial charge in [0, 0.05) is 22.8 Å². The van der Waals surface area contributed by atoms with Crippen molar-refractivity contribution in [3.05, 3.63) is 58.6 Å². The lowest BCUT2D eigenvalue weighted by Gasteiger charge is -2.12. The topological polar surface area (TPSA) is 87.7 Å². The monoisotopic (exact) mass is 362 g/mol. The Balaban J connectivity index is 1.93. The van der Waals surface area contributed by atoms with Crippen LogP contribution in [0.3, 0.4) is 0 Å². The molecular weight excluding hydrogens is 344 g/mol. The number of benzene rings is 2. The number of nitrogens with one attached hydrogen (secondary N) is 2. The largest absolute Gasteiger partial charge is 0.483 e. The van der Waals surface area contributed by atoms with Gasteiger partial charge in [0.15, 0.2) is 6.61 Å². The SMILES string of the molecule is Cc1ccc(NC(=O)COc2ccc(Cl)cc2CNCC(=O)O)cc1. The number of carbonyl (C=O) groups is 2. The number of carbonyl (C=O) groups excluding carboxylic acids is 1. The van der Waals surface area contributed by atoms with Crippen LogP contribution in [0.2, 0.25) is 5.02 Å². The Bertz CT molecular complexity index is 747. The summed E-state index contributed by atoms with van der Waals surface area (Å²) in [4.78, 5) is 22.6. The highest BCUT2D eigenvalue weighted by Crippen LogP contribution is 2.23. The van der Waals surface area contributed by atoms with Crippen molar-refractivity contribution >= 4 is 29.2 Å². The molecule has 0 aliphatic carbocycles.